The van der Waals surface area contributed by atoms with Gasteiger partial charge < -0.3 is 24.8 Å². The van der Waals surface area contributed by atoms with Gasteiger partial charge in [-0.2, -0.15) is 0 Å². The van der Waals surface area contributed by atoms with Crippen molar-refractivity contribution < 1.29 is 27.8 Å². The Morgan fingerprint density at radius 3 is 2.34 bits per heavy atom. The molecule has 9 nitrogen and oxygen atoms in total. The molecule has 1 atom stereocenters. The van der Waals surface area contributed by atoms with Gasteiger partial charge in [0, 0.05) is 37.3 Å². The summed E-state index contributed by atoms with van der Waals surface area (Å²) in [5.74, 6) is 1.43. The van der Waals surface area contributed by atoms with Crippen molar-refractivity contribution in [3.05, 3.63) is 89.5 Å². The third kappa shape index (κ3) is 9.20. The Hall–Kier alpha value is -3.60. The Labute approximate surface area is 260 Å². The highest BCUT2D eigenvalue weighted by Crippen LogP contribution is 2.34. The van der Waals surface area contributed by atoms with E-state index in [1.165, 1.54) is 5.56 Å². The van der Waals surface area contributed by atoms with Gasteiger partial charge in [0.25, 0.3) is 5.91 Å². The smallest absolute Gasteiger partial charge is 0.253 e. The minimum absolute atomic E-state index is 0.0629. The molecule has 44 heavy (non-hydrogen) atoms. The maximum absolute atomic E-state index is 12.6. The number of aliphatic hydroxyl groups is 1. The fraction of sp³-hybridized carbons (Fsp3) is 0.441. The van der Waals surface area contributed by atoms with Crippen LogP contribution >= 0.6 is 0 Å². The summed E-state index contributed by atoms with van der Waals surface area (Å²) in [6.45, 7) is 2.47. The lowest BCUT2D eigenvalue weighted by atomic mass is 9.81. The molecule has 1 saturated heterocycles. The lowest BCUT2D eigenvalue weighted by molar-refractivity contribution is 0.0792. The molecule has 1 saturated carbocycles. The molecule has 0 spiro atoms. The van der Waals surface area contributed by atoms with Gasteiger partial charge in [0.1, 0.15) is 30.8 Å². The topological polar surface area (TPSA) is 117 Å². The zero-order valence-electron chi connectivity index (χ0n) is 25.3. The van der Waals surface area contributed by atoms with E-state index in [4.69, 9.17) is 9.47 Å². The number of amides is 1. The van der Waals surface area contributed by atoms with E-state index in [2.05, 4.69) is 22.2 Å². The summed E-state index contributed by atoms with van der Waals surface area (Å²) in [6.07, 6.45) is 6.67. The molecular weight excluding hydrogens is 578 g/mol. The van der Waals surface area contributed by atoms with Crippen LogP contribution in [0.4, 0.5) is 5.69 Å². The Morgan fingerprint density at radius 2 is 1.66 bits per heavy atom. The average Bonchev–Trinajstić information content (AvgIpc) is 3.57. The molecule has 1 heterocycles. The van der Waals surface area contributed by atoms with E-state index in [9.17, 15) is 18.3 Å². The minimum Gasteiger partial charge on any atom is -0.491 e. The number of carbonyl (C=O) groups is 1. The molecule has 0 unspecified atom stereocenters. The Bertz CT molecular complexity index is 1470. The number of aliphatic hydroxyl groups excluding tert-OH is 1. The van der Waals surface area contributed by atoms with Crippen LogP contribution in [0.1, 0.15) is 65.9 Å². The van der Waals surface area contributed by atoms with Crippen molar-refractivity contribution >= 4 is 21.6 Å². The number of hydrogen-bond donors (Lipinski definition) is 3. The summed E-state index contributed by atoms with van der Waals surface area (Å²) in [5, 5.41) is 14.1. The Kier molecular flexibility index (Phi) is 10.8. The number of nitrogens with zero attached hydrogens (tertiary/aromatic N) is 1. The molecule has 1 aliphatic heterocycles. The third-order valence-electron chi connectivity index (χ3n) is 8.32. The van der Waals surface area contributed by atoms with Crippen molar-refractivity contribution in [3.8, 4) is 11.5 Å². The number of rotatable bonds is 13. The summed E-state index contributed by atoms with van der Waals surface area (Å²) in [7, 11) is -3.54. The number of hydrogen-bond acceptors (Lipinski definition) is 7. The normalized spacial score (nSPS) is 19.4. The van der Waals surface area contributed by atoms with Gasteiger partial charge in [-0.25, -0.2) is 8.42 Å². The number of likely N-dealkylation sites (tertiary alicyclic amines) is 1. The predicted octanol–water partition coefficient (Wildman–Crippen LogP) is 4.93. The predicted molar refractivity (Wildman–Crippen MR) is 172 cm³/mol. The molecule has 3 aromatic rings. The standard InChI is InChI=1S/C34H43N3O6S/c1-44(40,41)36-32-21-31(17-18-33(32)43-23-25-7-3-2-4-8-25)42-24-30(38)22-35-29-15-13-27(14-16-29)26-9-11-28(12-10-26)34(39)37-19-5-6-20-37/h2-4,7-12,17-18,21,27,29-30,35-36,38H,5-6,13-16,19-20,22-24H2,1H3/t27-,29-,30-/m0/s1. The summed E-state index contributed by atoms with van der Waals surface area (Å²) in [4.78, 5) is 14.6. The maximum Gasteiger partial charge on any atom is 0.253 e. The second-order valence-corrected chi connectivity index (χ2v) is 13.6. The van der Waals surface area contributed by atoms with Crippen molar-refractivity contribution in [2.24, 2.45) is 0 Å². The van der Waals surface area contributed by atoms with Crippen LogP contribution in [0.15, 0.2) is 72.8 Å². The van der Waals surface area contributed by atoms with Crippen LogP contribution in [0.25, 0.3) is 0 Å². The molecule has 1 aliphatic carbocycles. The SMILES string of the molecule is CS(=O)(=O)Nc1cc(OC[C@@H](O)CN[C@H]2CC[C@H](c3ccc(C(=O)N4CCCC4)cc3)CC2)ccc1OCc1ccccc1. The van der Waals surface area contributed by atoms with Gasteiger partial charge in [-0.05, 0) is 79.8 Å². The van der Waals surface area contributed by atoms with Crippen LogP contribution < -0.4 is 19.5 Å². The molecule has 2 aliphatic rings. The Morgan fingerprint density at radius 1 is 0.955 bits per heavy atom. The highest BCUT2D eigenvalue weighted by atomic mass is 32.2. The number of nitrogens with one attached hydrogen (secondary N) is 2. The fourth-order valence-corrected chi connectivity index (χ4v) is 6.48. The molecule has 0 radical (unpaired) electrons. The number of anilines is 1. The maximum atomic E-state index is 12.6. The summed E-state index contributed by atoms with van der Waals surface area (Å²) < 4.78 is 38.1. The molecule has 3 N–H and O–H groups in total. The molecule has 1 amide bonds. The van der Waals surface area contributed by atoms with Gasteiger partial charge in [0.15, 0.2) is 0 Å². The zero-order valence-corrected chi connectivity index (χ0v) is 26.1. The molecule has 5 rings (SSSR count). The van der Waals surface area contributed by atoms with Gasteiger partial charge in [-0.15, -0.1) is 0 Å². The number of benzene rings is 3. The Balaban J connectivity index is 1.05. The first kappa shape index (κ1) is 31.8. The monoisotopic (exact) mass is 621 g/mol. The van der Waals surface area contributed by atoms with E-state index in [1.54, 1.807) is 18.2 Å². The fourth-order valence-electron chi connectivity index (χ4n) is 5.93. The second kappa shape index (κ2) is 14.9. The molecule has 2 fully saturated rings. The van der Waals surface area contributed by atoms with Crippen molar-refractivity contribution in [2.75, 3.05) is 37.2 Å². The van der Waals surface area contributed by atoms with Crippen LogP contribution in [0.3, 0.4) is 0 Å². The quantitative estimate of drug-likeness (QED) is 0.248. The highest BCUT2D eigenvalue weighted by Gasteiger charge is 2.24. The van der Waals surface area contributed by atoms with Crippen molar-refractivity contribution in [3.63, 3.8) is 0 Å². The van der Waals surface area contributed by atoms with Gasteiger partial charge in [0.2, 0.25) is 10.0 Å². The highest BCUT2D eigenvalue weighted by molar-refractivity contribution is 7.92. The van der Waals surface area contributed by atoms with Crippen LogP contribution in [0, 0.1) is 0 Å². The van der Waals surface area contributed by atoms with Gasteiger partial charge in [-0.1, -0.05) is 42.5 Å². The first-order valence-electron chi connectivity index (χ1n) is 15.5. The summed E-state index contributed by atoms with van der Waals surface area (Å²) in [6, 6.07) is 23.0. The van der Waals surface area contributed by atoms with Gasteiger partial charge >= 0.3 is 0 Å². The van der Waals surface area contributed by atoms with Crippen LogP contribution in [0.2, 0.25) is 0 Å². The second-order valence-electron chi connectivity index (χ2n) is 11.8. The van der Waals surface area contributed by atoms with E-state index in [0.29, 0.717) is 30.0 Å². The van der Waals surface area contributed by atoms with Crippen LogP contribution in [-0.4, -0.2) is 69.0 Å². The molecule has 10 heteroatoms. The number of carbonyl (C=O) groups excluding carboxylic acids is 1. The molecule has 0 aromatic heterocycles. The van der Waals surface area contributed by atoms with E-state index < -0.39 is 16.1 Å². The average molecular weight is 622 g/mol. The van der Waals surface area contributed by atoms with Crippen molar-refractivity contribution in [2.45, 2.75) is 63.2 Å². The summed E-state index contributed by atoms with van der Waals surface area (Å²) in [5.41, 5.74) is 3.30. The minimum atomic E-state index is -3.54. The molecule has 0 bridgehead atoms. The van der Waals surface area contributed by atoms with Gasteiger partial charge in [-0.3, -0.25) is 9.52 Å². The zero-order chi connectivity index (χ0) is 30.9. The largest absolute Gasteiger partial charge is 0.491 e. The van der Waals surface area contributed by atoms with E-state index >= 15 is 0 Å². The summed E-state index contributed by atoms with van der Waals surface area (Å²) >= 11 is 0. The van der Waals surface area contributed by atoms with Crippen molar-refractivity contribution in [1.29, 1.82) is 0 Å². The van der Waals surface area contributed by atoms with Gasteiger partial charge in [0.05, 0.1) is 11.9 Å². The van der Waals surface area contributed by atoms with Crippen LogP contribution in [-0.2, 0) is 16.6 Å². The lowest BCUT2D eigenvalue weighted by Gasteiger charge is -2.30. The van der Waals surface area contributed by atoms with Crippen LogP contribution in [0.5, 0.6) is 11.5 Å². The lowest BCUT2D eigenvalue weighted by Crippen LogP contribution is -2.39. The number of ether oxygens (including phenoxy) is 2. The van der Waals surface area contributed by atoms with E-state index in [-0.39, 0.29) is 24.8 Å². The van der Waals surface area contributed by atoms with E-state index in [0.717, 1.165) is 69.0 Å². The van der Waals surface area contributed by atoms with E-state index in [1.807, 2.05) is 47.4 Å². The number of sulfonamides is 1. The molecule has 236 valence electrons. The first-order chi connectivity index (χ1) is 21.2. The molecule has 3 aromatic carbocycles. The van der Waals surface area contributed by atoms with Crippen molar-refractivity contribution in [1.82, 2.24) is 10.2 Å². The third-order valence-corrected chi connectivity index (χ3v) is 8.91. The first-order valence-corrected chi connectivity index (χ1v) is 17.3. The molecular formula is C34H43N3O6S.